The topological polar surface area (TPSA) is 84.4 Å². The molecule has 21 heavy (non-hydrogen) atoms. The van der Waals surface area contributed by atoms with E-state index in [4.69, 9.17) is 5.73 Å². The lowest BCUT2D eigenvalue weighted by Gasteiger charge is -2.32. The third-order valence-corrected chi connectivity index (χ3v) is 3.92. The van der Waals surface area contributed by atoms with E-state index in [0.717, 1.165) is 31.7 Å². The summed E-state index contributed by atoms with van der Waals surface area (Å²) in [6.45, 7) is 5.06. The van der Waals surface area contributed by atoms with Crippen molar-refractivity contribution in [2.45, 2.75) is 38.6 Å². The number of hydrogen-bond acceptors (Lipinski definition) is 5. The zero-order valence-electron chi connectivity index (χ0n) is 12.5. The summed E-state index contributed by atoms with van der Waals surface area (Å²) in [6.07, 6.45) is 4.72. The number of benzene rings is 1. The molecule has 0 saturated carbocycles. The Kier molecular flexibility index (Phi) is 5.38. The second-order valence-electron chi connectivity index (χ2n) is 5.59. The van der Waals surface area contributed by atoms with Gasteiger partial charge in [0.15, 0.2) is 0 Å². The zero-order valence-corrected chi connectivity index (χ0v) is 12.5. The van der Waals surface area contributed by atoms with E-state index in [-0.39, 0.29) is 11.4 Å². The largest absolute Gasteiger partial charge is 0.393 e. The molecule has 2 rings (SSSR count). The minimum atomic E-state index is -0.439. The maximum Gasteiger partial charge on any atom is 0.292 e. The van der Waals surface area contributed by atoms with Crippen LogP contribution in [-0.2, 0) is 0 Å². The Morgan fingerprint density at radius 3 is 2.86 bits per heavy atom. The van der Waals surface area contributed by atoms with Crippen molar-refractivity contribution in [3.63, 3.8) is 0 Å². The number of rotatable bonds is 6. The smallest absolute Gasteiger partial charge is 0.292 e. The van der Waals surface area contributed by atoms with E-state index in [2.05, 4.69) is 17.1 Å². The molecule has 0 radical (unpaired) electrons. The van der Waals surface area contributed by atoms with Crippen LogP contribution in [0.25, 0.3) is 0 Å². The minimum absolute atomic E-state index is 0.0222. The molecule has 1 unspecified atom stereocenters. The fraction of sp³-hybridized carbons (Fsp3) is 0.600. The Morgan fingerprint density at radius 2 is 2.29 bits per heavy atom. The lowest BCUT2D eigenvalue weighted by atomic mass is 10.0. The van der Waals surface area contributed by atoms with Crippen molar-refractivity contribution in [2.75, 3.05) is 30.3 Å². The molecule has 6 nitrogen and oxygen atoms in total. The average Bonchev–Trinajstić information content (AvgIpc) is 2.47. The van der Waals surface area contributed by atoms with Gasteiger partial charge in [0, 0.05) is 30.9 Å². The van der Waals surface area contributed by atoms with E-state index >= 15 is 0 Å². The first-order valence-electron chi connectivity index (χ1n) is 7.64. The van der Waals surface area contributed by atoms with Crippen LogP contribution in [0.4, 0.5) is 17.1 Å². The number of nitrogen functional groups attached to an aromatic ring is 1. The van der Waals surface area contributed by atoms with E-state index in [1.165, 1.54) is 25.3 Å². The number of nitro groups is 1. The Morgan fingerprint density at radius 1 is 1.48 bits per heavy atom. The summed E-state index contributed by atoms with van der Waals surface area (Å²) < 4.78 is 0. The van der Waals surface area contributed by atoms with Gasteiger partial charge in [0.1, 0.15) is 5.69 Å². The van der Waals surface area contributed by atoms with Gasteiger partial charge in [-0.15, -0.1) is 0 Å². The molecule has 3 N–H and O–H groups in total. The van der Waals surface area contributed by atoms with Gasteiger partial charge in [-0.05, 0) is 37.9 Å². The van der Waals surface area contributed by atoms with E-state index in [9.17, 15) is 10.1 Å². The van der Waals surface area contributed by atoms with Gasteiger partial charge in [-0.2, -0.15) is 0 Å². The molecule has 1 aliphatic rings. The third kappa shape index (κ3) is 4.07. The lowest BCUT2D eigenvalue weighted by molar-refractivity contribution is -0.383. The minimum Gasteiger partial charge on any atom is -0.393 e. The van der Waals surface area contributed by atoms with Crippen molar-refractivity contribution in [1.82, 2.24) is 5.32 Å². The van der Waals surface area contributed by atoms with Crippen LogP contribution in [0.15, 0.2) is 18.2 Å². The maximum atomic E-state index is 10.8. The normalized spacial score (nSPS) is 18.4. The molecule has 116 valence electrons. The highest BCUT2D eigenvalue weighted by atomic mass is 16.6. The first kappa shape index (κ1) is 15.6. The molecule has 1 saturated heterocycles. The van der Waals surface area contributed by atoms with Gasteiger partial charge >= 0.3 is 0 Å². The molecule has 0 spiro atoms. The molecule has 1 aromatic carbocycles. The van der Waals surface area contributed by atoms with Crippen molar-refractivity contribution in [3.05, 3.63) is 28.3 Å². The van der Waals surface area contributed by atoms with E-state index in [0.29, 0.717) is 6.04 Å². The molecule has 1 aromatic rings. The molecule has 0 aromatic heterocycles. The highest BCUT2D eigenvalue weighted by Gasteiger charge is 2.18. The molecule has 0 amide bonds. The van der Waals surface area contributed by atoms with Crippen molar-refractivity contribution in [2.24, 2.45) is 0 Å². The van der Waals surface area contributed by atoms with Crippen LogP contribution >= 0.6 is 0 Å². The number of nitro benzene ring substituents is 1. The molecule has 1 atom stereocenters. The molecule has 1 heterocycles. The van der Waals surface area contributed by atoms with Gasteiger partial charge in [0.2, 0.25) is 0 Å². The van der Waals surface area contributed by atoms with Gasteiger partial charge in [0.25, 0.3) is 5.69 Å². The van der Waals surface area contributed by atoms with Gasteiger partial charge in [0.05, 0.1) is 4.92 Å². The quantitative estimate of drug-likeness (QED) is 0.478. The second kappa shape index (κ2) is 7.26. The number of hydrogen-bond donors (Lipinski definition) is 2. The highest BCUT2D eigenvalue weighted by molar-refractivity contribution is 5.66. The van der Waals surface area contributed by atoms with E-state index < -0.39 is 4.92 Å². The van der Waals surface area contributed by atoms with Crippen molar-refractivity contribution in [3.8, 4) is 0 Å². The number of anilines is 2. The van der Waals surface area contributed by atoms with Crippen molar-refractivity contribution >= 4 is 17.1 Å². The van der Waals surface area contributed by atoms with Crippen LogP contribution in [0, 0.1) is 10.1 Å². The van der Waals surface area contributed by atoms with Crippen molar-refractivity contribution < 1.29 is 4.92 Å². The molecule has 6 heteroatoms. The van der Waals surface area contributed by atoms with Crippen LogP contribution in [0.1, 0.15) is 32.6 Å². The Bertz CT molecular complexity index is 487. The number of piperidine rings is 1. The number of nitrogens with one attached hydrogen (secondary N) is 1. The number of nitrogens with zero attached hydrogens (tertiary/aromatic N) is 2. The van der Waals surface area contributed by atoms with Crippen LogP contribution < -0.4 is 16.0 Å². The summed E-state index contributed by atoms with van der Waals surface area (Å²) in [4.78, 5) is 12.7. The third-order valence-electron chi connectivity index (χ3n) is 3.92. The summed E-state index contributed by atoms with van der Waals surface area (Å²) in [7, 11) is 0. The first-order chi connectivity index (χ1) is 10.1. The van der Waals surface area contributed by atoms with Crippen LogP contribution in [0.5, 0.6) is 0 Å². The monoisotopic (exact) mass is 292 g/mol. The molecule has 0 aliphatic carbocycles. The standard InChI is InChI=1S/C15H24N4O2/c1-2-9-18(11-12-5-3-4-8-17-12)13-6-7-15(19(20)21)14(16)10-13/h6-7,10,12,17H,2-5,8-9,11,16H2,1H3. The summed E-state index contributed by atoms with van der Waals surface area (Å²) in [5.74, 6) is 0. The lowest BCUT2D eigenvalue weighted by Crippen LogP contribution is -2.44. The Hall–Kier alpha value is -1.82. The van der Waals surface area contributed by atoms with E-state index in [1.54, 1.807) is 12.1 Å². The van der Waals surface area contributed by atoms with Crippen LogP contribution in [0.2, 0.25) is 0 Å². The van der Waals surface area contributed by atoms with Crippen molar-refractivity contribution in [1.29, 1.82) is 0 Å². The fourth-order valence-corrected chi connectivity index (χ4v) is 2.85. The SMILES string of the molecule is CCCN(CC1CCCCN1)c1ccc([N+](=O)[O-])c(N)c1. The van der Waals surface area contributed by atoms with Crippen LogP contribution in [0.3, 0.4) is 0 Å². The van der Waals surface area contributed by atoms with Crippen LogP contribution in [-0.4, -0.2) is 30.6 Å². The van der Waals surface area contributed by atoms with Gasteiger partial charge < -0.3 is 16.0 Å². The molecular formula is C15H24N4O2. The predicted molar refractivity (Wildman–Crippen MR) is 85.7 cm³/mol. The molecule has 0 bridgehead atoms. The first-order valence-corrected chi connectivity index (χ1v) is 7.64. The van der Waals surface area contributed by atoms with Gasteiger partial charge in [-0.1, -0.05) is 13.3 Å². The predicted octanol–water partition coefficient (Wildman–Crippen LogP) is 2.54. The maximum absolute atomic E-state index is 10.8. The van der Waals surface area contributed by atoms with E-state index in [1.807, 2.05) is 0 Å². The molecule has 1 aliphatic heterocycles. The zero-order chi connectivity index (χ0) is 15.2. The summed E-state index contributed by atoms with van der Waals surface area (Å²) >= 11 is 0. The number of nitrogens with two attached hydrogens (primary N) is 1. The van der Waals surface area contributed by atoms with Gasteiger partial charge in [-0.3, -0.25) is 10.1 Å². The fourth-order valence-electron chi connectivity index (χ4n) is 2.85. The average molecular weight is 292 g/mol. The summed E-state index contributed by atoms with van der Waals surface area (Å²) in [5, 5.41) is 14.4. The molecule has 1 fully saturated rings. The summed E-state index contributed by atoms with van der Waals surface area (Å²) in [6, 6.07) is 5.51. The summed E-state index contributed by atoms with van der Waals surface area (Å²) in [5.41, 5.74) is 6.98. The Labute approximate surface area is 125 Å². The highest BCUT2D eigenvalue weighted by Crippen LogP contribution is 2.27. The molecular weight excluding hydrogens is 268 g/mol. The van der Waals surface area contributed by atoms with Gasteiger partial charge in [-0.25, -0.2) is 0 Å². The Balaban J connectivity index is 2.13. The second-order valence-corrected chi connectivity index (χ2v) is 5.59.